The summed E-state index contributed by atoms with van der Waals surface area (Å²) in [5.41, 5.74) is 1.66. The van der Waals surface area contributed by atoms with Gasteiger partial charge in [-0.3, -0.25) is 4.79 Å². The quantitative estimate of drug-likeness (QED) is 0.697. The van der Waals surface area contributed by atoms with E-state index in [0.717, 1.165) is 12.1 Å². The van der Waals surface area contributed by atoms with Gasteiger partial charge in [-0.2, -0.15) is 0 Å². The SMILES string of the molecule is O=C(O)c1ccc2c(c1)C(=O)c1ccc(Nc3ccc(F)cc3F)cc1OC2. The van der Waals surface area contributed by atoms with Gasteiger partial charge in [0.2, 0.25) is 0 Å². The highest BCUT2D eigenvalue weighted by Crippen LogP contribution is 2.32. The van der Waals surface area contributed by atoms with Crippen molar-refractivity contribution in [2.75, 3.05) is 5.32 Å². The lowest BCUT2D eigenvalue weighted by Crippen LogP contribution is -2.06. The van der Waals surface area contributed by atoms with Crippen molar-refractivity contribution in [1.29, 1.82) is 0 Å². The molecule has 1 heterocycles. The molecule has 0 aromatic heterocycles. The molecule has 0 aliphatic carbocycles. The Morgan fingerprint density at radius 2 is 1.82 bits per heavy atom. The largest absolute Gasteiger partial charge is 0.488 e. The Kier molecular flexibility index (Phi) is 4.27. The number of halogens is 2. The van der Waals surface area contributed by atoms with Crippen molar-refractivity contribution in [3.8, 4) is 5.75 Å². The first kappa shape index (κ1) is 17.7. The number of hydrogen-bond acceptors (Lipinski definition) is 4. The maximum Gasteiger partial charge on any atom is 0.335 e. The molecule has 3 aromatic rings. The van der Waals surface area contributed by atoms with E-state index in [0.29, 0.717) is 11.3 Å². The van der Waals surface area contributed by atoms with Crippen LogP contribution in [0, 0.1) is 11.6 Å². The zero-order valence-electron chi connectivity index (χ0n) is 14.3. The Morgan fingerprint density at radius 1 is 1.00 bits per heavy atom. The first-order valence-electron chi connectivity index (χ1n) is 8.32. The van der Waals surface area contributed by atoms with Gasteiger partial charge in [-0.15, -0.1) is 0 Å². The summed E-state index contributed by atoms with van der Waals surface area (Å²) in [6, 6.07) is 12.1. The van der Waals surface area contributed by atoms with Gasteiger partial charge < -0.3 is 15.2 Å². The zero-order valence-corrected chi connectivity index (χ0v) is 14.3. The molecule has 0 atom stereocenters. The van der Waals surface area contributed by atoms with Crippen molar-refractivity contribution in [3.63, 3.8) is 0 Å². The molecule has 0 radical (unpaired) electrons. The van der Waals surface area contributed by atoms with E-state index in [9.17, 15) is 18.4 Å². The Hall–Kier alpha value is -3.74. The molecule has 0 spiro atoms. The lowest BCUT2D eigenvalue weighted by Gasteiger charge is -2.11. The number of carbonyl (C=O) groups excluding carboxylic acids is 1. The van der Waals surface area contributed by atoms with Crippen LogP contribution in [-0.2, 0) is 6.61 Å². The summed E-state index contributed by atoms with van der Waals surface area (Å²) in [5.74, 6) is -2.63. The molecular formula is C21H13F2NO4. The standard InChI is InChI=1S/C21H13F2NO4/c22-13-3-6-18(17(23)8-13)24-14-4-5-15-19(9-14)28-10-12-2-1-11(21(26)27)7-16(12)20(15)25/h1-9,24H,10H2,(H,26,27). The Morgan fingerprint density at radius 3 is 2.57 bits per heavy atom. The number of rotatable bonds is 3. The van der Waals surface area contributed by atoms with E-state index in [1.54, 1.807) is 18.2 Å². The zero-order chi connectivity index (χ0) is 19.8. The van der Waals surface area contributed by atoms with Crippen LogP contribution in [0.5, 0.6) is 5.75 Å². The topological polar surface area (TPSA) is 75.6 Å². The summed E-state index contributed by atoms with van der Waals surface area (Å²) in [4.78, 5) is 24.1. The van der Waals surface area contributed by atoms with Gasteiger partial charge in [-0.05, 0) is 36.4 Å². The molecule has 28 heavy (non-hydrogen) atoms. The summed E-state index contributed by atoms with van der Waals surface area (Å²) in [6.45, 7) is 0.0856. The molecule has 5 nitrogen and oxygen atoms in total. The molecule has 7 heteroatoms. The first-order valence-corrected chi connectivity index (χ1v) is 8.32. The van der Waals surface area contributed by atoms with Crippen molar-refractivity contribution in [2.24, 2.45) is 0 Å². The normalized spacial score (nSPS) is 12.4. The number of carboxylic acids is 1. The smallest absolute Gasteiger partial charge is 0.335 e. The molecule has 1 aliphatic rings. The molecule has 2 N–H and O–H groups in total. The average molecular weight is 381 g/mol. The molecule has 0 fully saturated rings. The van der Waals surface area contributed by atoms with Crippen molar-refractivity contribution in [1.82, 2.24) is 0 Å². The number of hydrogen-bond donors (Lipinski definition) is 2. The number of fused-ring (bicyclic) bond motifs is 2. The molecule has 0 saturated carbocycles. The van der Waals surface area contributed by atoms with Crippen LogP contribution in [-0.4, -0.2) is 16.9 Å². The number of nitrogens with one attached hydrogen (secondary N) is 1. The Bertz CT molecular complexity index is 1130. The molecule has 0 unspecified atom stereocenters. The van der Waals surface area contributed by atoms with Crippen molar-refractivity contribution >= 4 is 23.1 Å². The number of carbonyl (C=O) groups is 2. The van der Waals surface area contributed by atoms with Crippen LogP contribution >= 0.6 is 0 Å². The average Bonchev–Trinajstić information content (AvgIpc) is 2.80. The Labute approximate surface area is 158 Å². The summed E-state index contributed by atoms with van der Waals surface area (Å²) in [6.07, 6.45) is 0. The van der Waals surface area contributed by atoms with Gasteiger partial charge in [0.05, 0.1) is 16.8 Å². The van der Waals surface area contributed by atoms with Gasteiger partial charge in [-0.25, -0.2) is 13.6 Å². The Balaban J connectivity index is 1.69. The summed E-state index contributed by atoms with van der Waals surface area (Å²) in [5, 5.41) is 12.0. The minimum atomic E-state index is -1.12. The van der Waals surface area contributed by atoms with Crippen molar-refractivity contribution in [3.05, 3.63) is 88.5 Å². The highest BCUT2D eigenvalue weighted by Gasteiger charge is 2.24. The molecular weight excluding hydrogens is 368 g/mol. The number of benzene rings is 3. The number of aromatic carboxylic acids is 1. The van der Waals surface area contributed by atoms with Gasteiger partial charge in [-0.1, -0.05) is 6.07 Å². The van der Waals surface area contributed by atoms with Crippen LogP contribution in [0.4, 0.5) is 20.2 Å². The maximum absolute atomic E-state index is 13.8. The van der Waals surface area contributed by atoms with E-state index >= 15 is 0 Å². The molecule has 140 valence electrons. The van der Waals surface area contributed by atoms with E-state index < -0.39 is 17.6 Å². The second-order valence-corrected chi connectivity index (χ2v) is 6.25. The fourth-order valence-corrected chi connectivity index (χ4v) is 3.00. The van der Waals surface area contributed by atoms with E-state index in [1.807, 2.05) is 0 Å². The lowest BCUT2D eigenvalue weighted by atomic mass is 9.97. The summed E-state index contributed by atoms with van der Waals surface area (Å²) < 4.78 is 32.6. The van der Waals surface area contributed by atoms with Gasteiger partial charge in [0.15, 0.2) is 5.78 Å². The van der Waals surface area contributed by atoms with E-state index in [4.69, 9.17) is 9.84 Å². The second kappa shape index (κ2) is 6.77. The first-order chi connectivity index (χ1) is 13.4. The third kappa shape index (κ3) is 3.18. The van der Waals surface area contributed by atoms with Gasteiger partial charge >= 0.3 is 5.97 Å². The van der Waals surface area contributed by atoms with E-state index in [1.165, 1.54) is 24.3 Å². The highest BCUT2D eigenvalue weighted by molar-refractivity contribution is 6.13. The third-order valence-corrected chi connectivity index (χ3v) is 4.42. The monoisotopic (exact) mass is 381 g/mol. The molecule has 0 saturated heterocycles. The minimum absolute atomic E-state index is 0.0145. The van der Waals surface area contributed by atoms with Crippen molar-refractivity contribution in [2.45, 2.75) is 6.61 Å². The van der Waals surface area contributed by atoms with Crippen LogP contribution in [0.2, 0.25) is 0 Å². The molecule has 3 aromatic carbocycles. The highest BCUT2D eigenvalue weighted by atomic mass is 19.1. The molecule has 4 rings (SSSR count). The minimum Gasteiger partial charge on any atom is -0.488 e. The van der Waals surface area contributed by atoms with Crippen LogP contribution in [0.15, 0.2) is 54.6 Å². The summed E-state index contributed by atoms with van der Waals surface area (Å²) in [7, 11) is 0. The van der Waals surface area contributed by atoms with Crippen molar-refractivity contribution < 1.29 is 28.2 Å². The number of ether oxygens (including phenoxy) is 1. The predicted molar refractivity (Wildman–Crippen MR) is 97.2 cm³/mol. The van der Waals surface area contributed by atoms with Crippen LogP contribution < -0.4 is 10.1 Å². The van der Waals surface area contributed by atoms with Gasteiger partial charge in [0, 0.05) is 28.9 Å². The van der Waals surface area contributed by atoms with E-state index in [-0.39, 0.29) is 40.5 Å². The van der Waals surface area contributed by atoms with Crippen LogP contribution in [0.1, 0.15) is 31.8 Å². The number of carboxylic acid groups (broad SMARTS) is 1. The number of ketones is 1. The molecule has 0 amide bonds. The molecule has 0 bridgehead atoms. The number of anilines is 2. The van der Waals surface area contributed by atoms with E-state index in [2.05, 4.69) is 5.32 Å². The van der Waals surface area contributed by atoms with Gasteiger partial charge in [0.25, 0.3) is 0 Å². The maximum atomic E-state index is 13.8. The van der Waals surface area contributed by atoms with Crippen LogP contribution in [0.3, 0.4) is 0 Å². The predicted octanol–water partition coefficient (Wildman–Crippen LogP) is 4.53. The van der Waals surface area contributed by atoms with Crippen LogP contribution in [0.25, 0.3) is 0 Å². The second-order valence-electron chi connectivity index (χ2n) is 6.25. The fraction of sp³-hybridized carbons (Fsp3) is 0.0476. The van der Waals surface area contributed by atoms with Gasteiger partial charge in [0.1, 0.15) is 24.0 Å². The third-order valence-electron chi connectivity index (χ3n) is 4.42. The molecule has 1 aliphatic heterocycles. The summed E-state index contributed by atoms with van der Waals surface area (Å²) >= 11 is 0. The lowest BCUT2D eigenvalue weighted by molar-refractivity contribution is 0.0697. The fourth-order valence-electron chi connectivity index (χ4n) is 3.00.